The molecule has 0 aliphatic heterocycles. The molecule has 4 aromatic rings. The number of nitriles is 1. The van der Waals surface area contributed by atoms with Crippen molar-refractivity contribution in [3.63, 3.8) is 0 Å². The second-order valence-electron chi connectivity index (χ2n) is 7.55. The van der Waals surface area contributed by atoms with E-state index in [-0.39, 0.29) is 5.57 Å². The van der Waals surface area contributed by atoms with Gasteiger partial charge in [-0.1, -0.05) is 90.1 Å². The maximum Gasteiger partial charge on any atom is 0.101 e. The second kappa shape index (κ2) is 11.1. The number of benzene rings is 4. The molecule has 0 aromatic heterocycles. The van der Waals surface area contributed by atoms with E-state index in [0.717, 1.165) is 40.0 Å². The summed E-state index contributed by atoms with van der Waals surface area (Å²) < 4.78 is 0. The lowest BCUT2D eigenvalue weighted by Crippen LogP contribution is -2.09. The number of nitrogens with zero attached hydrogens (tertiary/aromatic N) is 3. The molecule has 0 amide bonds. The fourth-order valence-corrected chi connectivity index (χ4v) is 3.57. The molecule has 0 saturated heterocycles. The van der Waals surface area contributed by atoms with Crippen LogP contribution in [0.15, 0.2) is 120 Å². The number of oxime groups is 1. The number of rotatable bonds is 7. The minimum atomic E-state index is 0.283. The van der Waals surface area contributed by atoms with E-state index in [4.69, 9.17) is 10.5 Å². The monoisotopic (exact) mass is 441 g/mol. The Kier molecular flexibility index (Phi) is 7.30. The lowest BCUT2D eigenvalue weighted by molar-refractivity contribution is 0.322. The quantitative estimate of drug-likeness (QED) is 0.105. The zero-order valence-electron chi connectivity index (χ0n) is 18.5. The standard InChI is InChI=1S/C30H23N3O/c31-22-27(23-32-34)21-26-15-13-24(14-16-26)11-12-25-17-19-30(20-18-25)33(28-7-3-1-4-8-28)29-9-5-2-6-10-29/h1-21,23,34H/b12-11+,27-21-,32-23+. The fourth-order valence-electron chi connectivity index (χ4n) is 3.57. The van der Waals surface area contributed by atoms with Crippen LogP contribution in [0.5, 0.6) is 0 Å². The number of hydrogen-bond acceptors (Lipinski definition) is 4. The Morgan fingerprint density at radius 1 is 0.647 bits per heavy atom. The number of anilines is 3. The highest BCUT2D eigenvalue weighted by Gasteiger charge is 2.11. The largest absolute Gasteiger partial charge is 0.411 e. The van der Waals surface area contributed by atoms with Crippen LogP contribution in [-0.2, 0) is 0 Å². The van der Waals surface area contributed by atoms with Gasteiger partial charge in [-0.3, -0.25) is 0 Å². The van der Waals surface area contributed by atoms with E-state index in [9.17, 15) is 0 Å². The molecular formula is C30H23N3O. The molecule has 4 nitrogen and oxygen atoms in total. The predicted molar refractivity (Wildman–Crippen MR) is 140 cm³/mol. The second-order valence-corrected chi connectivity index (χ2v) is 7.55. The van der Waals surface area contributed by atoms with E-state index in [2.05, 4.69) is 70.7 Å². The molecule has 0 aliphatic carbocycles. The first-order chi connectivity index (χ1) is 16.8. The van der Waals surface area contributed by atoms with Crippen LogP contribution in [0.2, 0.25) is 0 Å². The van der Waals surface area contributed by atoms with Gasteiger partial charge in [0.1, 0.15) is 6.07 Å². The molecule has 34 heavy (non-hydrogen) atoms. The summed E-state index contributed by atoms with van der Waals surface area (Å²) in [5.74, 6) is 0. The molecule has 4 heteroatoms. The van der Waals surface area contributed by atoms with Crippen molar-refractivity contribution in [2.45, 2.75) is 0 Å². The van der Waals surface area contributed by atoms with Crippen molar-refractivity contribution >= 4 is 41.5 Å². The number of allylic oxidation sites excluding steroid dienone is 1. The highest BCUT2D eigenvalue weighted by Crippen LogP contribution is 2.34. The van der Waals surface area contributed by atoms with Crippen molar-refractivity contribution in [1.82, 2.24) is 0 Å². The van der Waals surface area contributed by atoms with Crippen molar-refractivity contribution < 1.29 is 5.21 Å². The van der Waals surface area contributed by atoms with Crippen LogP contribution < -0.4 is 4.90 Å². The molecule has 0 bridgehead atoms. The summed E-state index contributed by atoms with van der Waals surface area (Å²) in [4.78, 5) is 2.23. The van der Waals surface area contributed by atoms with Crippen molar-refractivity contribution in [1.29, 1.82) is 5.26 Å². The third-order valence-corrected chi connectivity index (χ3v) is 5.23. The van der Waals surface area contributed by atoms with Crippen molar-refractivity contribution in [3.05, 3.63) is 131 Å². The maximum absolute atomic E-state index is 9.03. The van der Waals surface area contributed by atoms with E-state index in [1.165, 1.54) is 0 Å². The van der Waals surface area contributed by atoms with Crippen molar-refractivity contribution in [2.75, 3.05) is 4.90 Å². The molecular weight excluding hydrogens is 418 g/mol. The minimum Gasteiger partial charge on any atom is -0.411 e. The summed E-state index contributed by atoms with van der Waals surface area (Å²) in [6, 6.07) is 38.9. The lowest BCUT2D eigenvalue weighted by Gasteiger charge is -2.25. The lowest BCUT2D eigenvalue weighted by atomic mass is 10.1. The molecule has 1 N–H and O–H groups in total. The summed E-state index contributed by atoms with van der Waals surface area (Å²) in [7, 11) is 0. The average molecular weight is 442 g/mol. The molecule has 0 radical (unpaired) electrons. The highest BCUT2D eigenvalue weighted by atomic mass is 16.4. The topological polar surface area (TPSA) is 59.6 Å². The Bertz CT molecular complexity index is 1290. The Morgan fingerprint density at radius 2 is 1.09 bits per heavy atom. The maximum atomic E-state index is 9.03. The Labute approximate surface area is 199 Å². The van der Waals surface area contributed by atoms with Gasteiger partial charge in [0, 0.05) is 17.1 Å². The summed E-state index contributed by atoms with van der Waals surface area (Å²) >= 11 is 0. The molecule has 0 unspecified atom stereocenters. The molecule has 164 valence electrons. The van der Waals surface area contributed by atoms with Gasteiger partial charge in [-0.2, -0.15) is 5.26 Å². The first-order valence-corrected chi connectivity index (χ1v) is 10.8. The van der Waals surface area contributed by atoms with Crippen LogP contribution >= 0.6 is 0 Å². The van der Waals surface area contributed by atoms with Gasteiger partial charge >= 0.3 is 0 Å². The van der Waals surface area contributed by atoms with Gasteiger partial charge in [-0.15, -0.1) is 0 Å². The minimum absolute atomic E-state index is 0.283. The predicted octanol–water partition coefficient (Wildman–Crippen LogP) is 7.69. The van der Waals surface area contributed by atoms with Crippen LogP contribution in [0.25, 0.3) is 18.2 Å². The van der Waals surface area contributed by atoms with Gasteiger partial charge in [0.15, 0.2) is 0 Å². The van der Waals surface area contributed by atoms with Crippen LogP contribution in [0.1, 0.15) is 16.7 Å². The molecule has 0 aliphatic rings. The summed E-state index contributed by atoms with van der Waals surface area (Å²) in [5, 5.41) is 20.5. The van der Waals surface area contributed by atoms with E-state index < -0.39 is 0 Å². The highest BCUT2D eigenvalue weighted by molar-refractivity contribution is 5.90. The summed E-state index contributed by atoms with van der Waals surface area (Å²) in [6.07, 6.45) is 6.91. The van der Waals surface area contributed by atoms with E-state index in [1.54, 1.807) is 6.08 Å². The van der Waals surface area contributed by atoms with Crippen LogP contribution in [0, 0.1) is 11.3 Å². The van der Waals surface area contributed by atoms with E-state index in [0.29, 0.717) is 0 Å². The average Bonchev–Trinajstić information content (AvgIpc) is 2.90. The zero-order chi connectivity index (χ0) is 23.6. The SMILES string of the molecule is N#CC(/C=N/O)=C/c1ccc(/C=C/c2ccc(N(c3ccccc3)c3ccccc3)cc2)cc1. The van der Waals surface area contributed by atoms with E-state index in [1.807, 2.05) is 66.7 Å². The first-order valence-electron chi connectivity index (χ1n) is 10.8. The van der Waals surface area contributed by atoms with Crippen molar-refractivity contribution in [2.24, 2.45) is 5.16 Å². The molecule has 4 aromatic carbocycles. The van der Waals surface area contributed by atoms with Gasteiger partial charge in [0.2, 0.25) is 0 Å². The Balaban J connectivity index is 1.53. The van der Waals surface area contributed by atoms with Crippen molar-refractivity contribution in [3.8, 4) is 6.07 Å². The van der Waals surface area contributed by atoms with Gasteiger partial charge in [0.25, 0.3) is 0 Å². The third kappa shape index (κ3) is 5.67. The summed E-state index contributed by atoms with van der Waals surface area (Å²) in [5.41, 5.74) is 6.59. The van der Waals surface area contributed by atoms with Gasteiger partial charge in [-0.25, -0.2) is 0 Å². The molecule has 0 saturated carbocycles. The van der Waals surface area contributed by atoms with Crippen LogP contribution in [0.3, 0.4) is 0 Å². The summed E-state index contributed by atoms with van der Waals surface area (Å²) in [6.45, 7) is 0. The van der Waals surface area contributed by atoms with Crippen LogP contribution in [0.4, 0.5) is 17.1 Å². The number of para-hydroxylation sites is 2. The Hall–Kier alpha value is -4.88. The zero-order valence-corrected chi connectivity index (χ0v) is 18.5. The molecule has 0 fully saturated rings. The third-order valence-electron chi connectivity index (χ3n) is 5.23. The van der Waals surface area contributed by atoms with E-state index >= 15 is 0 Å². The fraction of sp³-hybridized carbons (Fsp3) is 0. The normalized spacial score (nSPS) is 11.6. The van der Waals surface area contributed by atoms with Crippen LogP contribution in [-0.4, -0.2) is 11.4 Å². The Morgan fingerprint density at radius 3 is 1.56 bits per heavy atom. The van der Waals surface area contributed by atoms with Gasteiger partial charge in [-0.05, 0) is 59.2 Å². The number of hydrogen-bond donors (Lipinski definition) is 1. The first kappa shape index (κ1) is 22.3. The molecule has 0 heterocycles. The molecule has 0 atom stereocenters. The van der Waals surface area contributed by atoms with Gasteiger partial charge < -0.3 is 10.1 Å². The molecule has 4 rings (SSSR count). The van der Waals surface area contributed by atoms with Gasteiger partial charge in [0.05, 0.1) is 11.8 Å². The smallest absolute Gasteiger partial charge is 0.101 e. The molecule has 0 spiro atoms.